The van der Waals surface area contributed by atoms with Crippen molar-refractivity contribution < 1.29 is 38.0 Å². The van der Waals surface area contributed by atoms with Gasteiger partial charge in [-0.05, 0) is 34.6 Å². The third kappa shape index (κ3) is 8.35. The van der Waals surface area contributed by atoms with Gasteiger partial charge in [0.1, 0.15) is 6.33 Å². The molecule has 1 unspecified atom stereocenters. The van der Waals surface area contributed by atoms with Crippen LogP contribution >= 0.6 is 8.00 Å². The number of hydrogen-bond donors (Lipinski definition) is 1. The third-order valence-electron chi connectivity index (χ3n) is 3.49. The van der Waals surface area contributed by atoms with Gasteiger partial charge in [-0.1, -0.05) is 0 Å². The number of aromatic nitrogens is 4. The van der Waals surface area contributed by atoms with Crippen LogP contribution in [0.3, 0.4) is 0 Å². The molecule has 32 heavy (non-hydrogen) atoms. The van der Waals surface area contributed by atoms with Crippen LogP contribution in [0.2, 0.25) is 0 Å². The molecule has 2 atom stereocenters. The van der Waals surface area contributed by atoms with Gasteiger partial charge in [-0.15, -0.1) is 4.52 Å². The van der Waals surface area contributed by atoms with Crippen molar-refractivity contribution >= 4 is 43.2 Å². The molecule has 0 saturated heterocycles. The van der Waals surface area contributed by atoms with Gasteiger partial charge in [-0.3, -0.25) is 5.32 Å². The number of fused-ring (bicyclic) bond motifs is 1. The fraction of sp³-hybridized carbons (Fsp3) is 0.556. The molecule has 0 radical (unpaired) electrons. The molecule has 2 aromatic heterocycles. The highest BCUT2D eigenvalue weighted by molar-refractivity contribution is 7.44. The monoisotopic (exact) mass is 471 g/mol. The molecule has 0 fully saturated rings. The first-order valence-corrected chi connectivity index (χ1v) is 10.9. The number of hydrogen-bond acceptors (Lipinski definition) is 11. The second kappa shape index (κ2) is 12.2. The van der Waals surface area contributed by atoms with Crippen LogP contribution in [0.5, 0.6) is 0 Å². The molecule has 0 aliphatic heterocycles. The molecule has 0 aliphatic carbocycles. The molecule has 0 spiro atoms. The number of nitrogens with zero attached hydrogens (tertiary/aromatic N) is 4. The van der Waals surface area contributed by atoms with E-state index in [1.807, 2.05) is 0 Å². The summed E-state index contributed by atoms with van der Waals surface area (Å²) in [5, 5.41) is 2.54. The highest BCUT2D eigenvalue weighted by atomic mass is 31.1. The Hall–Kier alpha value is -2.86. The van der Waals surface area contributed by atoms with Gasteiger partial charge in [0, 0.05) is 0 Å². The first kappa shape index (κ1) is 25.4. The molecule has 1 amide bonds. The highest BCUT2D eigenvalue weighted by Crippen LogP contribution is 2.19. The first-order chi connectivity index (χ1) is 15.2. The average molecular weight is 471 g/mol. The summed E-state index contributed by atoms with van der Waals surface area (Å²) >= 11 is 0. The first-order valence-electron chi connectivity index (χ1n) is 9.70. The molecule has 0 bridgehead atoms. The van der Waals surface area contributed by atoms with Gasteiger partial charge in [0.05, 0.1) is 31.2 Å². The van der Waals surface area contributed by atoms with Crippen LogP contribution in [-0.4, -0.2) is 62.9 Å². The van der Waals surface area contributed by atoms with Crippen LogP contribution in [-0.2, 0) is 30.0 Å². The molecule has 1 N–H and O–H groups in total. The van der Waals surface area contributed by atoms with Gasteiger partial charge < -0.3 is 28.4 Å². The lowest BCUT2D eigenvalue weighted by Crippen LogP contribution is -2.19. The van der Waals surface area contributed by atoms with Crippen molar-refractivity contribution in [3.63, 3.8) is 0 Å². The second-order valence-electron chi connectivity index (χ2n) is 7.02. The van der Waals surface area contributed by atoms with Crippen molar-refractivity contribution in [2.24, 2.45) is 0 Å². The van der Waals surface area contributed by atoms with Crippen molar-refractivity contribution in [2.45, 2.75) is 59.5 Å². The summed E-state index contributed by atoms with van der Waals surface area (Å²) in [5.74, 6) is 1.23. The summed E-state index contributed by atoms with van der Waals surface area (Å²) in [4.78, 5) is 47.3. The van der Waals surface area contributed by atoms with Crippen molar-refractivity contribution in [3.05, 3.63) is 12.7 Å². The minimum Gasteiger partial charge on any atom is -0.601 e. The van der Waals surface area contributed by atoms with Gasteiger partial charge in [-0.25, -0.2) is 24.5 Å². The minimum atomic E-state index is -2.33. The lowest BCUT2D eigenvalue weighted by molar-refractivity contribution is -0.178. The zero-order chi connectivity index (χ0) is 23.7. The van der Waals surface area contributed by atoms with Gasteiger partial charge in [0.2, 0.25) is 12.8 Å². The molecule has 0 saturated carbocycles. The maximum absolute atomic E-state index is 11.8. The molecule has 2 heterocycles. The van der Waals surface area contributed by atoms with Crippen LogP contribution in [0.25, 0.3) is 11.2 Å². The predicted octanol–water partition coefficient (Wildman–Crippen LogP) is 2.16. The molecule has 0 aliphatic rings. The van der Waals surface area contributed by atoms with E-state index in [4.69, 9.17) is 18.7 Å². The van der Waals surface area contributed by atoms with Gasteiger partial charge in [-0.2, -0.15) is 0 Å². The van der Waals surface area contributed by atoms with E-state index in [1.54, 1.807) is 39.2 Å². The van der Waals surface area contributed by atoms with E-state index in [2.05, 4.69) is 25.0 Å². The summed E-state index contributed by atoms with van der Waals surface area (Å²) in [6.45, 7) is 8.30. The van der Waals surface area contributed by atoms with E-state index in [9.17, 15) is 14.5 Å². The Balaban J connectivity index is 1.90. The lowest BCUT2D eigenvalue weighted by Gasteiger charge is -2.11. The van der Waals surface area contributed by atoms with Crippen LogP contribution in [0.4, 0.5) is 15.4 Å². The maximum atomic E-state index is 11.8. The topological polar surface area (TPSA) is 159 Å². The largest absolute Gasteiger partial charge is 0.601 e. The van der Waals surface area contributed by atoms with Crippen molar-refractivity contribution in [1.29, 1.82) is 0 Å². The number of imidazole rings is 1. The molecular formula is C18H26N5O8P. The molecule has 2 rings (SSSR count). The van der Waals surface area contributed by atoms with E-state index in [-0.39, 0.29) is 18.0 Å². The minimum absolute atomic E-state index is 0.215. The van der Waals surface area contributed by atoms with Crippen LogP contribution in [0, 0.1) is 0 Å². The van der Waals surface area contributed by atoms with Gasteiger partial charge >= 0.3 is 12.2 Å². The van der Waals surface area contributed by atoms with Crippen LogP contribution in [0.15, 0.2) is 12.7 Å². The fourth-order valence-electron chi connectivity index (χ4n) is 2.30. The molecule has 14 heteroatoms. The van der Waals surface area contributed by atoms with Crippen molar-refractivity contribution in [2.75, 3.05) is 12.1 Å². The quantitative estimate of drug-likeness (QED) is 0.307. The predicted molar refractivity (Wildman–Crippen MR) is 113 cm³/mol. The maximum Gasteiger partial charge on any atom is 0.510 e. The third-order valence-corrected chi connectivity index (χ3v) is 4.14. The molecule has 2 aromatic rings. The summed E-state index contributed by atoms with van der Waals surface area (Å²) in [5.41, 5.74) is 0.845. The van der Waals surface area contributed by atoms with Crippen LogP contribution in [0.1, 0.15) is 34.6 Å². The summed E-state index contributed by atoms with van der Waals surface area (Å²) in [6.07, 6.45) is 0.191. The Morgan fingerprint density at radius 1 is 1.16 bits per heavy atom. The number of nitrogens with one attached hydrogen (secondary N) is 1. The summed E-state index contributed by atoms with van der Waals surface area (Å²) in [6, 6.07) is 0. The normalized spacial score (nSPS) is 12.8. The van der Waals surface area contributed by atoms with Crippen LogP contribution < -0.4 is 10.2 Å². The second-order valence-corrected chi connectivity index (χ2v) is 8.06. The zero-order valence-corrected chi connectivity index (χ0v) is 19.3. The Kier molecular flexibility index (Phi) is 9.72. The molecular weight excluding hydrogens is 445 g/mol. The highest BCUT2D eigenvalue weighted by Gasteiger charge is 2.16. The zero-order valence-electron chi connectivity index (χ0n) is 18.4. The molecule has 13 nitrogen and oxygen atoms in total. The smallest absolute Gasteiger partial charge is 0.510 e. The van der Waals surface area contributed by atoms with E-state index in [1.165, 1.54) is 12.7 Å². The van der Waals surface area contributed by atoms with Crippen molar-refractivity contribution in [1.82, 2.24) is 19.5 Å². The van der Waals surface area contributed by atoms with E-state index in [0.29, 0.717) is 17.7 Å². The van der Waals surface area contributed by atoms with Gasteiger partial charge in [0.15, 0.2) is 17.0 Å². The summed E-state index contributed by atoms with van der Waals surface area (Å²) < 4.78 is 26.3. The molecule has 0 aromatic carbocycles. The van der Waals surface area contributed by atoms with Crippen molar-refractivity contribution in [3.8, 4) is 0 Å². The van der Waals surface area contributed by atoms with E-state index in [0.717, 1.165) is 5.98 Å². The number of carbonyl (C=O) groups excluding carboxylic acids is 2. The lowest BCUT2D eigenvalue weighted by atomic mass is 10.4. The Morgan fingerprint density at radius 2 is 1.88 bits per heavy atom. The number of rotatable bonds is 10. The average Bonchev–Trinajstić information content (AvgIpc) is 3.09. The Morgan fingerprint density at radius 3 is 2.56 bits per heavy atom. The standard InChI is InChI=1S/C18H26N5O8P/c1-11(2)30-17(24)22-15-14-16(20-7-19-15)23(8-21-14)6-13(5)28-10-32(26)29-9-27-18(25)31-12(3)4/h7-8,10-13H,6,9H2,1-5H3,(H,19,20,22,24)/t13-/m1/s1. The summed E-state index contributed by atoms with van der Waals surface area (Å²) in [7, 11) is -2.33. The SMILES string of the molecule is CC(C)OC(=O)Nc1ncnc2c1ncn2C[C@@H](C)OC=[P+]([O-])OCOC(=O)OC(C)C. The number of amides is 1. The molecule has 176 valence electrons. The number of ether oxygens (including phenoxy) is 4. The van der Waals surface area contributed by atoms with Gasteiger partial charge in [0.25, 0.3) is 8.00 Å². The Bertz CT molecular complexity index is 949. The fourth-order valence-corrected chi connectivity index (χ4v) is 2.83. The van der Waals surface area contributed by atoms with E-state index < -0.39 is 33.1 Å². The number of anilines is 1. The van der Waals surface area contributed by atoms with E-state index >= 15 is 0 Å². The Labute approximate surface area is 185 Å². The number of carbonyl (C=O) groups is 2.